The van der Waals surface area contributed by atoms with Crippen molar-refractivity contribution in [3.05, 3.63) is 41.0 Å². The number of aldehydes is 1. The summed E-state index contributed by atoms with van der Waals surface area (Å²) in [6.07, 6.45) is 2.82. The molecule has 0 atom stereocenters. The average molecular weight is 214 g/mol. The highest BCUT2D eigenvalue weighted by Gasteiger charge is 2.36. The molecule has 16 heavy (non-hydrogen) atoms. The largest absolute Gasteiger partial charge is 0.303 e. The molecule has 0 fully saturated rings. The molecule has 1 aromatic rings. The van der Waals surface area contributed by atoms with Crippen LogP contribution in [-0.2, 0) is 15.0 Å². The summed E-state index contributed by atoms with van der Waals surface area (Å²) < 4.78 is 0. The first kappa shape index (κ1) is 10.8. The van der Waals surface area contributed by atoms with Crippen LogP contribution in [0.1, 0.15) is 31.4 Å². The number of carbonyl (C=O) groups is 2. The van der Waals surface area contributed by atoms with Gasteiger partial charge in [0.1, 0.15) is 6.29 Å². The van der Waals surface area contributed by atoms with E-state index < -0.39 is 5.41 Å². The second-order valence-corrected chi connectivity index (χ2v) is 4.58. The molecule has 0 unspecified atom stereocenters. The Labute approximate surface area is 95.0 Å². The van der Waals surface area contributed by atoms with Crippen molar-refractivity contribution >= 4 is 18.1 Å². The maximum Gasteiger partial charge on any atom is 0.169 e. The van der Waals surface area contributed by atoms with Crippen LogP contribution >= 0.6 is 0 Å². The Morgan fingerprint density at radius 2 is 1.94 bits per heavy atom. The van der Waals surface area contributed by atoms with E-state index in [-0.39, 0.29) is 12.2 Å². The van der Waals surface area contributed by atoms with Gasteiger partial charge in [0.25, 0.3) is 0 Å². The van der Waals surface area contributed by atoms with E-state index >= 15 is 0 Å². The summed E-state index contributed by atoms with van der Waals surface area (Å²) in [4.78, 5) is 22.7. The molecule has 1 aliphatic rings. The van der Waals surface area contributed by atoms with Crippen molar-refractivity contribution in [2.75, 3.05) is 0 Å². The number of carbonyl (C=O) groups excluding carboxylic acids is 2. The average Bonchev–Trinajstić information content (AvgIpc) is 2.26. The van der Waals surface area contributed by atoms with Gasteiger partial charge in [-0.15, -0.1) is 0 Å². The van der Waals surface area contributed by atoms with E-state index in [0.717, 1.165) is 17.4 Å². The molecule has 2 rings (SSSR count). The monoisotopic (exact) mass is 214 g/mol. The van der Waals surface area contributed by atoms with Gasteiger partial charge in [-0.2, -0.15) is 0 Å². The third kappa shape index (κ3) is 1.51. The van der Waals surface area contributed by atoms with Gasteiger partial charge in [0.2, 0.25) is 0 Å². The van der Waals surface area contributed by atoms with Crippen LogP contribution in [0, 0.1) is 0 Å². The van der Waals surface area contributed by atoms with Crippen LogP contribution in [-0.4, -0.2) is 12.1 Å². The molecule has 0 spiro atoms. The number of ketones is 1. The molecule has 0 amide bonds. The second-order valence-electron chi connectivity index (χ2n) is 4.58. The minimum absolute atomic E-state index is 0.0540. The predicted octanol–water partition coefficient (Wildman–Crippen LogP) is 2.52. The zero-order valence-electron chi connectivity index (χ0n) is 9.49. The Balaban J connectivity index is 2.61. The fraction of sp³-hybridized carbons (Fsp3) is 0.286. The van der Waals surface area contributed by atoms with Crippen LogP contribution in [0.4, 0.5) is 0 Å². The molecule has 0 aromatic heterocycles. The van der Waals surface area contributed by atoms with Gasteiger partial charge in [-0.05, 0) is 31.1 Å². The SMILES string of the molecule is CC1(C)C(=O)C(CC=O)=Cc2ccccc21. The third-order valence-corrected chi connectivity index (χ3v) is 3.13. The minimum Gasteiger partial charge on any atom is -0.303 e. The van der Waals surface area contributed by atoms with E-state index in [1.165, 1.54) is 0 Å². The van der Waals surface area contributed by atoms with Crippen molar-refractivity contribution < 1.29 is 9.59 Å². The van der Waals surface area contributed by atoms with Crippen molar-refractivity contribution in [2.24, 2.45) is 0 Å². The van der Waals surface area contributed by atoms with Crippen molar-refractivity contribution in [1.82, 2.24) is 0 Å². The van der Waals surface area contributed by atoms with E-state index in [1.54, 1.807) is 0 Å². The maximum absolute atomic E-state index is 12.2. The number of rotatable bonds is 2. The molecule has 82 valence electrons. The molecule has 2 heteroatoms. The van der Waals surface area contributed by atoms with Gasteiger partial charge in [0.05, 0.1) is 5.41 Å². The first-order valence-electron chi connectivity index (χ1n) is 5.36. The first-order valence-corrected chi connectivity index (χ1v) is 5.36. The smallest absolute Gasteiger partial charge is 0.169 e. The number of Topliss-reactive ketones (excluding diaryl/α,β-unsaturated/α-hetero) is 1. The number of fused-ring (bicyclic) bond motifs is 1. The highest BCUT2D eigenvalue weighted by atomic mass is 16.1. The molecule has 1 aromatic carbocycles. The quantitative estimate of drug-likeness (QED) is 0.709. The molecule has 0 bridgehead atoms. The van der Waals surface area contributed by atoms with Gasteiger partial charge < -0.3 is 4.79 Å². The summed E-state index contributed by atoms with van der Waals surface area (Å²) in [6, 6.07) is 7.84. The van der Waals surface area contributed by atoms with Gasteiger partial charge >= 0.3 is 0 Å². The Kier molecular flexibility index (Phi) is 2.50. The molecular formula is C14H14O2. The van der Waals surface area contributed by atoms with Crippen LogP contribution in [0.25, 0.3) is 6.08 Å². The van der Waals surface area contributed by atoms with Crippen molar-refractivity contribution in [3.8, 4) is 0 Å². The molecule has 0 heterocycles. The Morgan fingerprint density at radius 3 is 2.62 bits per heavy atom. The molecule has 0 radical (unpaired) electrons. The van der Waals surface area contributed by atoms with Gasteiger partial charge in [0, 0.05) is 12.0 Å². The fourth-order valence-corrected chi connectivity index (χ4v) is 2.21. The van der Waals surface area contributed by atoms with E-state index in [4.69, 9.17) is 0 Å². The summed E-state index contributed by atoms with van der Waals surface area (Å²) in [7, 11) is 0. The summed E-state index contributed by atoms with van der Waals surface area (Å²) in [5.74, 6) is 0.0540. The van der Waals surface area contributed by atoms with Crippen LogP contribution in [0.15, 0.2) is 29.8 Å². The van der Waals surface area contributed by atoms with E-state index in [1.807, 2.05) is 44.2 Å². The maximum atomic E-state index is 12.2. The second kappa shape index (κ2) is 3.71. The molecule has 0 saturated heterocycles. The minimum atomic E-state index is -0.524. The normalized spacial score (nSPS) is 17.6. The molecule has 2 nitrogen and oxygen atoms in total. The highest BCUT2D eigenvalue weighted by Crippen LogP contribution is 2.36. The first-order chi connectivity index (χ1) is 7.57. The molecule has 1 aliphatic carbocycles. The molecular weight excluding hydrogens is 200 g/mol. The molecule has 0 aliphatic heterocycles. The van der Waals surface area contributed by atoms with Crippen LogP contribution in [0.3, 0.4) is 0 Å². The van der Waals surface area contributed by atoms with Crippen LogP contribution < -0.4 is 0 Å². The number of benzene rings is 1. The summed E-state index contributed by atoms with van der Waals surface area (Å²) in [6.45, 7) is 3.82. The lowest BCUT2D eigenvalue weighted by Crippen LogP contribution is -2.33. The summed E-state index contributed by atoms with van der Waals surface area (Å²) >= 11 is 0. The molecule has 0 N–H and O–H groups in total. The van der Waals surface area contributed by atoms with Crippen molar-refractivity contribution in [3.63, 3.8) is 0 Å². The lowest BCUT2D eigenvalue weighted by molar-refractivity contribution is -0.120. The van der Waals surface area contributed by atoms with E-state index in [2.05, 4.69) is 0 Å². The summed E-state index contributed by atoms with van der Waals surface area (Å²) in [5.41, 5.74) is 2.17. The van der Waals surface area contributed by atoms with Crippen LogP contribution in [0.5, 0.6) is 0 Å². The zero-order valence-corrected chi connectivity index (χ0v) is 9.49. The predicted molar refractivity (Wildman–Crippen MR) is 63.1 cm³/mol. The summed E-state index contributed by atoms with van der Waals surface area (Å²) in [5, 5.41) is 0. The Morgan fingerprint density at radius 1 is 1.25 bits per heavy atom. The number of allylic oxidation sites excluding steroid dienone is 1. The lowest BCUT2D eigenvalue weighted by Gasteiger charge is -2.30. The number of hydrogen-bond donors (Lipinski definition) is 0. The Bertz CT molecular complexity index is 481. The standard InChI is InChI=1S/C14H14O2/c1-14(2)12-6-4-3-5-10(12)9-11(7-8-15)13(14)16/h3-6,8-9H,7H2,1-2H3. The molecule has 0 saturated carbocycles. The van der Waals surface area contributed by atoms with Crippen molar-refractivity contribution in [2.45, 2.75) is 25.7 Å². The van der Waals surface area contributed by atoms with Crippen LogP contribution in [0.2, 0.25) is 0 Å². The van der Waals surface area contributed by atoms with E-state index in [9.17, 15) is 9.59 Å². The van der Waals surface area contributed by atoms with E-state index in [0.29, 0.717) is 5.57 Å². The topological polar surface area (TPSA) is 34.1 Å². The van der Waals surface area contributed by atoms with Gasteiger partial charge in [-0.3, -0.25) is 4.79 Å². The number of hydrogen-bond acceptors (Lipinski definition) is 2. The lowest BCUT2D eigenvalue weighted by atomic mass is 9.71. The van der Waals surface area contributed by atoms with Gasteiger partial charge in [0.15, 0.2) is 5.78 Å². The zero-order chi connectivity index (χ0) is 11.8. The van der Waals surface area contributed by atoms with Crippen molar-refractivity contribution in [1.29, 1.82) is 0 Å². The fourth-order valence-electron chi connectivity index (χ4n) is 2.21. The Hall–Kier alpha value is -1.70. The van der Waals surface area contributed by atoms with Gasteiger partial charge in [-0.25, -0.2) is 0 Å². The van der Waals surface area contributed by atoms with Gasteiger partial charge in [-0.1, -0.05) is 24.3 Å². The third-order valence-electron chi connectivity index (χ3n) is 3.13. The highest BCUT2D eigenvalue weighted by molar-refractivity contribution is 6.10.